The molecule has 1 atom stereocenters. The number of carbonyl (C=O) groups is 2. The number of hydrogen-bond acceptors (Lipinski definition) is 5. The van der Waals surface area contributed by atoms with Crippen LogP contribution in [0.3, 0.4) is 0 Å². The Hall–Kier alpha value is -1.10. The molecule has 0 aliphatic rings. The summed E-state index contributed by atoms with van der Waals surface area (Å²) in [6, 6.07) is -0.884. The van der Waals surface area contributed by atoms with Crippen molar-refractivity contribution in [2.75, 3.05) is 13.7 Å². The van der Waals surface area contributed by atoms with Gasteiger partial charge in [0.1, 0.15) is 12.6 Å². The Morgan fingerprint density at radius 1 is 1.46 bits per heavy atom. The minimum Gasteiger partial charge on any atom is -0.468 e. The molecule has 0 saturated heterocycles. The molecular weight excluding hydrogens is 174 g/mol. The molecule has 0 aliphatic carbocycles. The summed E-state index contributed by atoms with van der Waals surface area (Å²) in [4.78, 5) is 21.6. The van der Waals surface area contributed by atoms with Gasteiger partial charge in [-0.1, -0.05) is 6.92 Å². The van der Waals surface area contributed by atoms with Gasteiger partial charge in [-0.2, -0.15) is 0 Å². The van der Waals surface area contributed by atoms with Gasteiger partial charge in [0.05, 0.1) is 7.11 Å². The van der Waals surface area contributed by atoms with Crippen molar-refractivity contribution in [3.8, 4) is 0 Å². The second-order valence-electron chi connectivity index (χ2n) is 2.56. The van der Waals surface area contributed by atoms with Crippen LogP contribution in [0.15, 0.2) is 0 Å². The van der Waals surface area contributed by atoms with E-state index in [1.165, 1.54) is 7.11 Å². The molecule has 0 heterocycles. The summed E-state index contributed by atoms with van der Waals surface area (Å²) in [6.07, 6.45) is 1.06. The van der Waals surface area contributed by atoms with Gasteiger partial charge in [0.15, 0.2) is 0 Å². The SMILES string of the molecule is CCCC(=O)OCC(N)C(=O)OC. The molecule has 76 valence electrons. The van der Waals surface area contributed by atoms with Crippen molar-refractivity contribution in [3.63, 3.8) is 0 Å². The summed E-state index contributed by atoms with van der Waals surface area (Å²) in [7, 11) is 1.23. The van der Waals surface area contributed by atoms with Gasteiger partial charge >= 0.3 is 11.9 Å². The molecule has 0 aromatic carbocycles. The van der Waals surface area contributed by atoms with E-state index in [4.69, 9.17) is 10.5 Å². The average Bonchev–Trinajstić information content (AvgIpc) is 2.13. The molecular formula is C8H15NO4. The normalized spacial score (nSPS) is 11.9. The zero-order valence-electron chi connectivity index (χ0n) is 7.91. The molecule has 2 N–H and O–H groups in total. The summed E-state index contributed by atoms with van der Waals surface area (Å²) >= 11 is 0. The average molecular weight is 189 g/mol. The van der Waals surface area contributed by atoms with Crippen LogP contribution in [-0.4, -0.2) is 31.7 Å². The van der Waals surface area contributed by atoms with Crippen LogP contribution in [0.1, 0.15) is 19.8 Å². The minimum absolute atomic E-state index is 0.120. The molecule has 0 amide bonds. The molecule has 0 saturated carbocycles. The van der Waals surface area contributed by atoms with Gasteiger partial charge in [-0.15, -0.1) is 0 Å². The van der Waals surface area contributed by atoms with Crippen molar-refractivity contribution in [2.45, 2.75) is 25.8 Å². The number of methoxy groups -OCH3 is 1. The Balaban J connectivity index is 3.63. The number of ether oxygens (including phenoxy) is 2. The standard InChI is InChI=1S/C8H15NO4/c1-3-4-7(10)13-5-6(9)8(11)12-2/h6H,3-5,9H2,1-2H3. The summed E-state index contributed by atoms with van der Waals surface area (Å²) in [5.74, 6) is -0.925. The minimum atomic E-state index is -0.884. The van der Waals surface area contributed by atoms with Crippen LogP contribution in [0, 0.1) is 0 Å². The Kier molecular flexibility index (Phi) is 5.88. The summed E-state index contributed by atoms with van der Waals surface area (Å²) in [5, 5.41) is 0. The van der Waals surface area contributed by atoms with Crippen molar-refractivity contribution in [3.05, 3.63) is 0 Å². The Bertz CT molecular complexity index is 181. The van der Waals surface area contributed by atoms with Crippen molar-refractivity contribution in [2.24, 2.45) is 5.73 Å². The van der Waals surface area contributed by atoms with Gasteiger partial charge in [0, 0.05) is 6.42 Å². The third-order valence-corrected chi connectivity index (χ3v) is 1.38. The van der Waals surface area contributed by atoms with E-state index in [1.807, 2.05) is 6.92 Å². The highest BCUT2D eigenvalue weighted by Crippen LogP contribution is 1.93. The van der Waals surface area contributed by atoms with E-state index >= 15 is 0 Å². The van der Waals surface area contributed by atoms with Crippen LogP contribution in [0.5, 0.6) is 0 Å². The highest BCUT2D eigenvalue weighted by Gasteiger charge is 2.15. The number of hydrogen-bond donors (Lipinski definition) is 1. The van der Waals surface area contributed by atoms with Gasteiger partial charge in [0.25, 0.3) is 0 Å². The van der Waals surface area contributed by atoms with Crippen LogP contribution in [0.4, 0.5) is 0 Å². The molecule has 0 spiro atoms. The number of esters is 2. The number of nitrogens with two attached hydrogens (primary N) is 1. The predicted molar refractivity (Wildman–Crippen MR) is 45.9 cm³/mol. The first kappa shape index (κ1) is 11.9. The Labute approximate surface area is 77.2 Å². The number of rotatable bonds is 5. The zero-order valence-corrected chi connectivity index (χ0v) is 7.91. The first-order valence-electron chi connectivity index (χ1n) is 4.10. The third-order valence-electron chi connectivity index (χ3n) is 1.38. The first-order valence-corrected chi connectivity index (χ1v) is 4.10. The van der Waals surface area contributed by atoms with E-state index in [0.717, 1.165) is 0 Å². The second-order valence-corrected chi connectivity index (χ2v) is 2.56. The van der Waals surface area contributed by atoms with E-state index in [9.17, 15) is 9.59 Å². The van der Waals surface area contributed by atoms with Crippen LogP contribution in [0.2, 0.25) is 0 Å². The highest BCUT2D eigenvalue weighted by atomic mass is 16.5. The maximum absolute atomic E-state index is 10.8. The fraction of sp³-hybridized carbons (Fsp3) is 0.750. The molecule has 13 heavy (non-hydrogen) atoms. The molecule has 0 rings (SSSR count). The Morgan fingerprint density at radius 3 is 2.54 bits per heavy atom. The van der Waals surface area contributed by atoms with Gasteiger partial charge in [0.2, 0.25) is 0 Å². The highest BCUT2D eigenvalue weighted by molar-refractivity contribution is 5.76. The number of carbonyl (C=O) groups excluding carboxylic acids is 2. The molecule has 0 radical (unpaired) electrons. The predicted octanol–water partition coefficient (Wildman–Crippen LogP) is -0.170. The Morgan fingerprint density at radius 2 is 2.08 bits per heavy atom. The zero-order chi connectivity index (χ0) is 10.3. The quantitative estimate of drug-likeness (QED) is 0.607. The molecule has 0 aromatic heterocycles. The van der Waals surface area contributed by atoms with Crippen LogP contribution in [0.25, 0.3) is 0 Å². The lowest BCUT2D eigenvalue weighted by Gasteiger charge is -2.09. The smallest absolute Gasteiger partial charge is 0.326 e. The molecule has 0 bridgehead atoms. The lowest BCUT2D eigenvalue weighted by molar-refractivity contribution is -0.149. The summed E-state index contributed by atoms with van der Waals surface area (Å²) in [6.45, 7) is 1.74. The van der Waals surface area contributed by atoms with Crippen molar-refractivity contribution in [1.29, 1.82) is 0 Å². The summed E-state index contributed by atoms with van der Waals surface area (Å²) in [5.41, 5.74) is 5.32. The molecule has 0 aromatic rings. The fourth-order valence-electron chi connectivity index (χ4n) is 0.678. The molecule has 0 aliphatic heterocycles. The maximum Gasteiger partial charge on any atom is 0.326 e. The topological polar surface area (TPSA) is 78.6 Å². The van der Waals surface area contributed by atoms with E-state index in [1.54, 1.807) is 0 Å². The van der Waals surface area contributed by atoms with Gasteiger partial charge in [-0.3, -0.25) is 9.59 Å². The van der Waals surface area contributed by atoms with Gasteiger partial charge in [-0.25, -0.2) is 0 Å². The van der Waals surface area contributed by atoms with Crippen molar-refractivity contribution < 1.29 is 19.1 Å². The first-order chi connectivity index (χ1) is 6.11. The second kappa shape index (κ2) is 6.42. The maximum atomic E-state index is 10.8. The molecule has 1 unspecified atom stereocenters. The van der Waals surface area contributed by atoms with E-state index in [0.29, 0.717) is 12.8 Å². The monoisotopic (exact) mass is 189 g/mol. The largest absolute Gasteiger partial charge is 0.468 e. The molecule has 5 nitrogen and oxygen atoms in total. The molecule has 5 heteroatoms. The summed E-state index contributed by atoms with van der Waals surface area (Å²) < 4.78 is 9.05. The van der Waals surface area contributed by atoms with Gasteiger partial charge in [-0.05, 0) is 6.42 Å². The van der Waals surface area contributed by atoms with Gasteiger partial charge < -0.3 is 15.2 Å². The van der Waals surface area contributed by atoms with Crippen LogP contribution < -0.4 is 5.73 Å². The van der Waals surface area contributed by atoms with Crippen LogP contribution >= 0.6 is 0 Å². The van der Waals surface area contributed by atoms with Crippen LogP contribution in [-0.2, 0) is 19.1 Å². The van der Waals surface area contributed by atoms with E-state index < -0.39 is 12.0 Å². The van der Waals surface area contributed by atoms with E-state index in [2.05, 4.69) is 4.74 Å². The van der Waals surface area contributed by atoms with E-state index in [-0.39, 0.29) is 12.6 Å². The van der Waals surface area contributed by atoms with Crippen molar-refractivity contribution >= 4 is 11.9 Å². The molecule has 0 fully saturated rings. The lowest BCUT2D eigenvalue weighted by Crippen LogP contribution is -2.36. The fourth-order valence-corrected chi connectivity index (χ4v) is 0.678. The third kappa shape index (κ3) is 5.19. The van der Waals surface area contributed by atoms with Crippen molar-refractivity contribution in [1.82, 2.24) is 0 Å². The lowest BCUT2D eigenvalue weighted by atomic mass is 10.3.